The molecule has 0 aromatic heterocycles. The molecule has 4 nitrogen and oxygen atoms in total. The first-order valence-corrected chi connectivity index (χ1v) is 6.61. The molecule has 100 valence electrons. The summed E-state index contributed by atoms with van der Waals surface area (Å²) in [7, 11) is 2.19. The maximum absolute atomic E-state index is 8.46. The van der Waals surface area contributed by atoms with Crippen LogP contribution in [0.25, 0.3) is 0 Å². The number of hydrogen-bond acceptors (Lipinski definition) is 3. The molecule has 1 saturated carbocycles. The van der Waals surface area contributed by atoms with Crippen molar-refractivity contribution in [1.82, 2.24) is 4.90 Å². The van der Waals surface area contributed by atoms with Gasteiger partial charge in [-0.1, -0.05) is 19.0 Å². The van der Waals surface area contributed by atoms with Crippen LogP contribution < -0.4 is 5.73 Å². The van der Waals surface area contributed by atoms with Crippen LogP contribution in [-0.2, 0) is 0 Å². The molecule has 3 N–H and O–H groups in total. The largest absolute Gasteiger partial charge is 0.409 e. The van der Waals surface area contributed by atoms with E-state index >= 15 is 0 Å². The summed E-state index contributed by atoms with van der Waals surface area (Å²) >= 11 is 0. The molecule has 0 aromatic carbocycles. The number of nitrogens with two attached hydrogens (primary N) is 1. The van der Waals surface area contributed by atoms with Crippen LogP contribution in [0.3, 0.4) is 0 Å². The van der Waals surface area contributed by atoms with Gasteiger partial charge in [0.1, 0.15) is 5.84 Å². The molecule has 0 spiro atoms. The van der Waals surface area contributed by atoms with Crippen molar-refractivity contribution in [2.24, 2.45) is 16.3 Å². The highest BCUT2D eigenvalue weighted by Gasteiger charge is 2.28. The lowest BCUT2D eigenvalue weighted by atomic mass is 9.75. The smallest absolute Gasteiger partial charge is 0.139 e. The van der Waals surface area contributed by atoms with Crippen molar-refractivity contribution >= 4 is 5.84 Å². The van der Waals surface area contributed by atoms with Gasteiger partial charge in [-0.25, -0.2) is 0 Å². The minimum absolute atomic E-state index is 0.336. The highest BCUT2D eigenvalue weighted by molar-refractivity contribution is 5.79. The lowest BCUT2D eigenvalue weighted by molar-refractivity contribution is 0.127. The lowest BCUT2D eigenvalue weighted by Crippen LogP contribution is -2.37. The monoisotopic (exact) mass is 241 g/mol. The van der Waals surface area contributed by atoms with E-state index < -0.39 is 0 Å². The fourth-order valence-corrected chi connectivity index (χ4v) is 2.57. The first-order chi connectivity index (χ1) is 7.94. The Bertz CT molecular complexity index is 253. The Morgan fingerprint density at radius 1 is 1.41 bits per heavy atom. The highest BCUT2D eigenvalue weighted by atomic mass is 16.4. The van der Waals surface area contributed by atoms with Gasteiger partial charge in [-0.15, -0.1) is 0 Å². The fraction of sp³-hybridized carbons (Fsp3) is 0.923. The standard InChI is InChI=1S/C13H27N3O/c1-13(2)8-6-11(7-9-13)16(3)10-4-5-12(14)15-17/h11,17H,4-10H2,1-3H3,(H2,14,15). The quantitative estimate of drug-likeness (QED) is 0.336. The zero-order valence-corrected chi connectivity index (χ0v) is 11.4. The normalized spacial score (nSPS) is 22.0. The van der Waals surface area contributed by atoms with Crippen molar-refractivity contribution in [3.63, 3.8) is 0 Å². The highest BCUT2D eigenvalue weighted by Crippen LogP contribution is 2.36. The third-order valence-electron chi connectivity index (χ3n) is 4.00. The summed E-state index contributed by atoms with van der Waals surface area (Å²) in [5.74, 6) is 0.336. The molecule has 1 aliphatic rings. The minimum Gasteiger partial charge on any atom is -0.409 e. The Balaban J connectivity index is 2.23. The maximum Gasteiger partial charge on any atom is 0.139 e. The summed E-state index contributed by atoms with van der Waals surface area (Å²) in [6.07, 6.45) is 6.88. The Morgan fingerprint density at radius 2 is 2.00 bits per heavy atom. The predicted octanol–water partition coefficient (Wildman–Crippen LogP) is 2.41. The molecule has 0 atom stereocenters. The molecule has 0 bridgehead atoms. The van der Waals surface area contributed by atoms with Crippen LogP contribution in [0.1, 0.15) is 52.4 Å². The summed E-state index contributed by atoms with van der Waals surface area (Å²) < 4.78 is 0. The van der Waals surface area contributed by atoms with Crippen molar-refractivity contribution in [3.8, 4) is 0 Å². The molecule has 0 aromatic rings. The van der Waals surface area contributed by atoms with Crippen molar-refractivity contribution < 1.29 is 5.21 Å². The van der Waals surface area contributed by atoms with Gasteiger partial charge in [0.15, 0.2) is 0 Å². The van der Waals surface area contributed by atoms with Crippen LogP contribution in [0, 0.1) is 5.41 Å². The molecule has 1 fully saturated rings. The van der Waals surface area contributed by atoms with Crippen LogP contribution in [0.4, 0.5) is 0 Å². The van der Waals surface area contributed by atoms with Crippen molar-refractivity contribution in [1.29, 1.82) is 0 Å². The zero-order valence-electron chi connectivity index (χ0n) is 11.4. The molecule has 0 heterocycles. The molecular formula is C13H27N3O. The van der Waals surface area contributed by atoms with Gasteiger partial charge < -0.3 is 15.8 Å². The van der Waals surface area contributed by atoms with E-state index in [4.69, 9.17) is 10.9 Å². The van der Waals surface area contributed by atoms with E-state index in [2.05, 4.69) is 31.0 Å². The molecule has 0 radical (unpaired) electrons. The fourth-order valence-electron chi connectivity index (χ4n) is 2.57. The Kier molecular flexibility index (Phi) is 5.25. The first-order valence-electron chi connectivity index (χ1n) is 6.61. The molecule has 0 aliphatic heterocycles. The Morgan fingerprint density at radius 3 is 2.53 bits per heavy atom. The molecule has 17 heavy (non-hydrogen) atoms. The van der Waals surface area contributed by atoms with Crippen molar-refractivity contribution in [2.75, 3.05) is 13.6 Å². The third kappa shape index (κ3) is 4.94. The summed E-state index contributed by atoms with van der Waals surface area (Å²) in [4.78, 5) is 2.43. The average molecular weight is 241 g/mol. The van der Waals surface area contributed by atoms with Crippen LogP contribution in [-0.4, -0.2) is 35.6 Å². The van der Waals surface area contributed by atoms with Gasteiger partial charge in [0, 0.05) is 12.5 Å². The molecule has 4 heteroatoms. The maximum atomic E-state index is 8.46. The van der Waals surface area contributed by atoms with Gasteiger partial charge in [0.05, 0.1) is 0 Å². The van der Waals surface area contributed by atoms with Crippen LogP contribution in [0.5, 0.6) is 0 Å². The number of amidine groups is 1. The number of rotatable bonds is 5. The van der Waals surface area contributed by atoms with Gasteiger partial charge in [-0.3, -0.25) is 0 Å². The van der Waals surface area contributed by atoms with Gasteiger partial charge >= 0.3 is 0 Å². The number of oxime groups is 1. The topological polar surface area (TPSA) is 61.8 Å². The van der Waals surface area contributed by atoms with E-state index in [-0.39, 0.29) is 0 Å². The van der Waals surface area contributed by atoms with Crippen LogP contribution >= 0.6 is 0 Å². The van der Waals surface area contributed by atoms with Crippen molar-refractivity contribution in [2.45, 2.75) is 58.4 Å². The van der Waals surface area contributed by atoms with E-state index in [9.17, 15) is 0 Å². The summed E-state index contributed by atoms with van der Waals surface area (Å²) in [5.41, 5.74) is 5.99. The third-order valence-corrected chi connectivity index (χ3v) is 4.00. The molecule has 1 rings (SSSR count). The van der Waals surface area contributed by atoms with Gasteiger partial charge in [0.2, 0.25) is 0 Å². The second-order valence-electron chi connectivity index (χ2n) is 6.07. The molecule has 0 saturated heterocycles. The van der Waals surface area contributed by atoms with Crippen molar-refractivity contribution in [3.05, 3.63) is 0 Å². The molecule has 1 aliphatic carbocycles. The molecule has 0 amide bonds. The second kappa shape index (κ2) is 6.24. The Hall–Kier alpha value is -0.770. The predicted molar refractivity (Wildman–Crippen MR) is 71.3 cm³/mol. The first kappa shape index (κ1) is 14.3. The summed E-state index contributed by atoms with van der Waals surface area (Å²) in [5, 5.41) is 11.4. The van der Waals surface area contributed by atoms with Gasteiger partial charge in [0.25, 0.3) is 0 Å². The summed E-state index contributed by atoms with van der Waals surface area (Å²) in [6.45, 7) is 5.75. The second-order valence-corrected chi connectivity index (χ2v) is 6.07. The van der Waals surface area contributed by atoms with Crippen LogP contribution in [0.15, 0.2) is 5.16 Å². The Labute approximate surface area is 105 Å². The number of nitrogens with zero attached hydrogens (tertiary/aromatic N) is 2. The average Bonchev–Trinajstić information content (AvgIpc) is 2.28. The van der Waals surface area contributed by atoms with E-state index in [0.717, 1.165) is 19.0 Å². The van der Waals surface area contributed by atoms with E-state index in [1.165, 1.54) is 25.7 Å². The van der Waals surface area contributed by atoms with E-state index in [1.807, 2.05) is 0 Å². The number of hydrogen-bond donors (Lipinski definition) is 2. The lowest BCUT2D eigenvalue weighted by Gasteiger charge is -2.38. The van der Waals surface area contributed by atoms with Gasteiger partial charge in [-0.2, -0.15) is 0 Å². The summed E-state index contributed by atoms with van der Waals surface area (Å²) in [6, 6.07) is 0.718. The van der Waals surface area contributed by atoms with E-state index in [0.29, 0.717) is 17.7 Å². The zero-order chi connectivity index (χ0) is 12.9. The van der Waals surface area contributed by atoms with E-state index in [1.54, 1.807) is 0 Å². The van der Waals surface area contributed by atoms with Crippen LogP contribution in [0.2, 0.25) is 0 Å². The molecular weight excluding hydrogens is 214 g/mol. The van der Waals surface area contributed by atoms with Gasteiger partial charge in [-0.05, 0) is 51.1 Å². The molecule has 0 unspecified atom stereocenters. The minimum atomic E-state index is 0.336. The SMILES string of the molecule is CN(CCCC(N)=NO)C1CCC(C)(C)CC1.